The van der Waals surface area contributed by atoms with Crippen molar-refractivity contribution in [3.8, 4) is 6.07 Å². The maximum absolute atomic E-state index is 11.6. The van der Waals surface area contributed by atoms with Crippen molar-refractivity contribution >= 4 is 15.9 Å². The summed E-state index contributed by atoms with van der Waals surface area (Å²) in [5, 5.41) is 13.0. The molecule has 4 nitrogen and oxygen atoms in total. The fourth-order valence-corrected chi connectivity index (χ4v) is 2.07. The molecule has 2 aromatic rings. The fraction of sp³-hybridized carbons (Fsp3) is 0.154. The molecule has 1 aromatic heterocycles. The lowest BCUT2D eigenvalue weighted by Gasteiger charge is -2.07. The molecule has 2 rings (SSSR count). The first-order valence-corrected chi connectivity index (χ1v) is 6.13. The number of aromatic nitrogens is 2. The topological polar surface area (TPSA) is 58.7 Å². The summed E-state index contributed by atoms with van der Waals surface area (Å²) in [4.78, 5) is 11.6. The van der Waals surface area contributed by atoms with Crippen LogP contribution in [0.5, 0.6) is 0 Å². The smallest absolute Gasteiger partial charge is 0.267 e. The third-order valence-electron chi connectivity index (χ3n) is 2.50. The summed E-state index contributed by atoms with van der Waals surface area (Å²) in [6, 6.07) is 10.5. The predicted octanol–water partition coefficient (Wildman–Crippen LogP) is 2.23. The Morgan fingerprint density at radius 1 is 1.39 bits per heavy atom. The minimum atomic E-state index is -0.142. The second-order valence-electron chi connectivity index (χ2n) is 3.89. The molecule has 0 spiro atoms. The molecule has 0 bridgehead atoms. The normalized spacial score (nSPS) is 10.1. The number of hydrogen-bond acceptors (Lipinski definition) is 3. The van der Waals surface area contributed by atoms with Gasteiger partial charge in [0.25, 0.3) is 5.56 Å². The van der Waals surface area contributed by atoms with E-state index in [0.29, 0.717) is 12.1 Å². The summed E-state index contributed by atoms with van der Waals surface area (Å²) >= 11 is 3.39. The van der Waals surface area contributed by atoms with Crippen LogP contribution in [0.3, 0.4) is 0 Å². The van der Waals surface area contributed by atoms with Crippen LogP contribution >= 0.6 is 15.9 Å². The van der Waals surface area contributed by atoms with E-state index in [1.54, 1.807) is 18.2 Å². The number of hydrogen-bond donors (Lipinski definition) is 0. The Hall–Kier alpha value is -1.93. The summed E-state index contributed by atoms with van der Waals surface area (Å²) in [7, 11) is 0. The third-order valence-corrected chi connectivity index (χ3v) is 3.24. The van der Waals surface area contributed by atoms with E-state index in [1.165, 1.54) is 10.7 Å². The number of rotatable bonds is 2. The van der Waals surface area contributed by atoms with Crippen LogP contribution in [0.4, 0.5) is 0 Å². The van der Waals surface area contributed by atoms with Gasteiger partial charge in [0.15, 0.2) is 0 Å². The highest BCUT2D eigenvalue weighted by molar-refractivity contribution is 9.10. The maximum atomic E-state index is 11.6. The van der Waals surface area contributed by atoms with Crippen molar-refractivity contribution in [3.63, 3.8) is 0 Å². The molecule has 0 N–H and O–H groups in total. The SMILES string of the molecule is Cc1ccc(=O)n(Cc2ccc(C#N)cc2Br)n1. The van der Waals surface area contributed by atoms with Gasteiger partial charge >= 0.3 is 0 Å². The second kappa shape index (κ2) is 5.15. The van der Waals surface area contributed by atoms with Gasteiger partial charge in [-0.25, -0.2) is 4.68 Å². The minimum absolute atomic E-state index is 0.142. The summed E-state index contributed by atoms with van der Waals surface area (Å²) in [6.07, 6.45) is 0. The maximum Gasteiger partial charge on any atom is 0.267 e. The molecule has 0 atom stereocenters. The van der Waals surface area contributed by atoms with Crippen molar-refractivity contribution in [2.24, 2.45) is 0 Å². The molecule has 5 heteroatoms. The van der Waals surface area contributed by atoms with Crippen LogP contribution in [0, 0.1) is 18.3 Å². The van der Waals surface area contributed by atoms with Crippen molar-refractivity contribution in [2.75, 3.05) is 0 Å². The Labute approximate surface area is 113 Å². The van der Waals surface area contributed by atoms with Gasteiger partial charge in [0.05, 0.1) is 23.9 Å². The van der Waals surface area contributed by atoms with Gasteiger partial charge in [-0.1, -0.05) is 22.0 Å². The molecule has 1 heterocycles. The summed E-state index contributed by atoms with van der Waals surface area (Å²) in [5.41, 5.74) is 2.14. The lowest BCUT2D eigenvalue weighted by molar-refractivity contribution is 0.627. The molecule has 0 aliphatic rings. The van der Waals surface area contributed by atoms with Crippen molar-refractivity contribution in [3.05, 3.63) is 62.0 Å². The highest BCUT2D eigenvalue weighted by Crippen LogP contribution is 2.18. The molecule has 18 heavy (non-hydrogen) atoms. The highest BCUT2D eigenvalue weighted by Gasteiger charge is 2.05. The Morgan fingerprint density at radius 2 is 2.17 bits per heavy atom. The fourth-order valence-electron chi connectivity index (χ4n) is 1.57. The van der Waals surface area contributed by atoms with Gasteiger partial charge in [-0.2, -0.15) is 10.4 Å². The molecule has 0 aliphatic heterocycles. The van der Waals surface area contributed by atoms with E-state index < -0.39 is 0 Å². The number of halogens is 1. The third kappa shape index (κ3) is 2.66. The first kappa shape index (κ1) is 12.5. The van der Waals surface area contributed by atoms with E-state index in [2.05, 4.69) is 27.1 Å². The molecule has 0 aliphatic carbocycles. The molecule has 0 fully saturated rings. The molecular weight excluding hydrogens is 294 g/mol. The van der Waals surface area contributed by atoms with E-state index in [1.807, 2.05) is 13.0 Å². The molecule has 0 amide bonds. The first-order chi connectivity index (χ1) is 8.60. The zero-order chi connectivity index (χ0) is 13.1. The standard InChI is InChI=1S/C13H10BrN3O/c1-9-2-5-13(18)17(16-9)8-11-4-3-10(7-15)6-12(11)14/h2-6H,8H2,1H3. The van der Waals surface area contributed by atoms with Gasteiger partial charge in [-0.05, 0) is 30.7 Å². The summed E-state index contributed by atoms with van der Waals surface area (Å²) in [5.74, 6) is 0. The molecule has 0 radical (unpaired) electrons. The van der Waals surface area contributed by atoms with E-state index in [9.17, 15) is 4.79 Å². The van der Waals surface area contributed by atoms with Crippen LogP contribution in [-0.4, -0.2) is 9.78 Å². The quantitative estimate of drug-likeness (QED) is 0.855. The van der Waals surface area contributed by atoms with E-state index in [4.69, 9.17) is 5.26 Å². The van der Waals surface area contributed by atoms with Crippen molar-refractivity contribution in [1.82, 2.24) is 9.78 Å². The van der Waals surface area contributed by atoms with Crippen molar-refractivity contribution in [1.29, 1.82) is 5.26 Å². The number of nitrogens with zero attached hydrogens (tertiary/aromatic N) is 3. The Kier molecular flexibility index (Phi) is 3.58. The van der Waals surface area contributed by atoms with Gasteiger partial charge in [-0.3, -0.25) is 4.79 Å². The van der Waals surface area contributed by atoms with Crippen LogP contribution in [0.15, 0.2) is 39.6 Å². The highest BCUT2D eigenvalue weighted by atomic mass is 79.9. The lowest BCUT2D eigenvalue weighted by Crippen LogP contribution is -2.23. The number of benzene rings is 1. The van der Waals surface area contributed by atoms with Gasteiger partial charge in [0.1, 0.15) is 0 Å². The van der Waals surface area contributed by atoms with Gasteiger partial charge < -0.3 is 0 Å². The summed E-state index contributed by atoms with van der Waals surface area (Å²) < 4.78 is 2.21. The zero-order valence-electron chi connectivity index (χ0n) is 9.72. The lowest BCUT2D eigenvalue weighted by atomic mass is 10.1. The minimum Gasteiger partial charge on any atom is -0.268 e. The van der Waals surface area contributed by atoms with Crippen LogP contribution < -0.4 is 5.56 Å². The van der Waals surface area contributed by atoms with Crippen molar-refractivity contribution < 1.29 is 0 Å². The van der Waals surface area contributed by atoms with Gasteiger partial charge in [0.2, 0.25) is 0 Å². The van der Waals surface area contributed by atoms with Crippen LogP contribution in [0.2, 0.25) is 0 Å². The largest absolute Gasteiger partial charge is 0.268 e. The zero-order valence-corrected chi connectivity index (χ0v) is 11.3. The molecular formula is C13H10BrN3O. The molecule has 1 aromatic carbocycles. The van der Waals surface area contributed by atoms with Crippen LogP contribution in [-0.2, 0) is 6.54 Å². The van der Waals surface area contributed by atoms with E-state index in [-0.39, 0.29) is 5.56 Å². The average molecular weight is 304 g/mol. The second-order valence-corrected chi connectivity index (χ2v) is 4.74. The van der Waals surface area contributed by atoms with Gasteiger partial charge in [-0.15, -0.1) is 0 Å². The van der Waals surface area contributed by atoms with E-state index >= 15 is 0 Å². The van der Waals surface area contributed by atoms with Crippen LogP contribution in [0.25, 0.3) is 0 Å². The number of nitriles is 1. The van der Waals surface area contributed by atoms with E-state index in [0.717, 1.165) is 15.7 Å². The molecule has 0 unspecified atom stereocenters. The summed E-state index contributed by atoms with van der Waals surface area (Å²) in [6.45, 7) is 2.22. The molecule has 90 valence electrons. The van der Waals surface area contributed by atoms with Crippen molar-refractivity contribution in [2.45, 2.75) is 13.5 Å². The molecule has 0 saturated carbocycles. The predicted molar refractivity (Wildman–Crippen MR) is 71.2 cm³/mol. The van der Waals surface area contributed by atoms with Gasteiger partial charge in [0, 0.05) is 10.5 Å². The average Bonchev–Trinajstić information content (AvgIpc) is 2.36. The molecule has 0 saturated heterocycles. The number of aryl methyl sites for hydroxylation is 1. The Morgan fingerprint density at radius 3 is 2.83 bits per heavy atom. The Bertz CT molecular complexity index is 685. The van der Waals surface area contributed by atoms with Crippen LogP contribution in [0.1, 0.15) is 16.8 Å². The Balaban J connectivity index is 2.38. The monoisotopic (exact) mass is 303 g/mol. The first-order valence-electron chi connectivity index (χ1n) is 5.33.